The van der Waals surface area contributed by atoms with E-state index in [1.54, 1.807) is 21.0 Å². The fourth-order valence-electron chi connectivity index (χ4n) is 5.89. The molecule has 44 heavy (non-hydrogen) atoms. The van der Waals surface area contributed by atoms with Crippen LogP contribution in [-0.2, 0) is 30.6 Å². The first-order chi connectivity index (χ1) is 21.3. The van der Waals surface area contributed by atoms with E-state index in [2.05, 4.69) is 32.0 Å². The summed E-state index contributed by atoms with van der Waals surface area (Å²) in [6.07, 6.45) is 5.95. The summed E-state index contributed by atoms with van der Waals surface area (Å²) in [5.74, 6) is 3.31. The summed E-state index contributed by atoms with van der Waals surface area (Å²) < 4.78 is 14.2. The van der Waals surface area contributed by atoms with Gasteiger partial charge in [-0.2, -0.15) is 0 Å². The number of aromatic amines is 2. The molecule has 224 valence electrons. The number of amides is 1. The van der Waals surface area contributed by atoms with Gasteiger partial charge in [-0.1, -0.05) is 18.2 Å². The summed E-state index contributed by atoms with van der Waals surface area (Å²) >= 11 is 0. The van der Waals surface area contributed by atoms with Crippen LogP contribution in [0.4, 0.5) is 0 Å². The largest absolute Gasteiger partial charge is 0.497 e. The zero-order valence-corrected chi connectivity index (χ0v) is 25.0. The molecule has 1 aliphatic rings. The van der Waals surface area contributed by atoms with Gasteiger partial charge in [-0.3, -0.25) is 4.79 Å². The maximum Gasteiger partial charge on any atom is 0.240 e. The van der Waals surface area contributed by atoms with Crippen molar-refractivity contribution in [2.75, 3.05) is 7.11 Å². The van der Waals surface area contributed by atoms with E-state index in [0.29, 0.717) is 36.7 Å². The van der Waals surface area contributed by atoms with E-state index in [4.69, 9.17) is 25.4 Å². The van der Waals surface area contributed by atoms with E-state index in [0.717, 1.165) is 50.9 Å². The second-order valence-electron chi connectivity index (χ2n) is 12.0. The molecule has 0 unspecified atom stereocenters. The second-order valence-corrected chi connectivity index (χ2v) is 12.0. The Hall–Kier alpha value is -5.09. The number of nitrogens with one attached hydrogen (secondary N) is 3. The number of hydrogen-bond donors (Lipinski definition) is 4. The van der Waals surface area contributed by atoms with Crippen LogP contribution >= 0.6 is 0 Å². The summed E-state index contributed by atoms with van der Waals surface area (Å²) in [4.78, 5) is 20.1. The molecule has 2 bridgehead atoms. The summed E-state index contributed by atoms with van der Waals surface area (Å²) in [7, 11) is 1.64. The lowest BCUT2D eigenvalue weighted by Gasteiger charge is -2.25. The van der Waals surface area contributed by atoms with Crippen molar-refractivity contribution >= 4 is 27.7 Å². The number of aromatic nitrogens is 5. The van der Waals surface area contributed by atoms with Gasteiger partial charge in [0, 0.05) is 58.7 Å². The summed E-state index contributed by atoms with van der Waals surface area (Å²) in [6, 6.07) is 19.5. The molecule has 0 saturated heterocycles. The minimum absolute atomic E-state index is 0.269. The lowest BCUT2D eigenvalue weighted by atomic mass is 10.0. The molecule has 1 amide bonds. The van der Waals surface area contributed by atoms with Crippen molar-refractivity contribution in [2.24, 2.45) is 5.73 Å². The van der Waals surface area contributed by atoms with Crippen LogP contribution in [0.25, 0.3) is 21.8 Å². The Balaban J connectivity index is 1.35. The Morgan fingerprint density at radius 3 is 2.68 bits per heavy atom. The van der Waals surface area contributed by atoms with Crippen molar-refractivity contribution in [3.8, 4) is 17.2 Å². The smallest absolute Gasteiger partial charge is 0.240 e. The minimum atomic E-state index is -1.08. The number of nitrogens with zero attached hydrogens (tertiary/aromatic N) is 3. The first kappa shape index (κ1) is 27.7. The van der Waals surface area contributed by atoms with Gasteiger partial charge in [0.1, 0.15) is 23.1 Å². The van der Waals surface area contributed by atoms with Crippen LogP contribution in [0.1, 0.15) is 48.2 Å². The minimum Gasteiger partial charge on any atom is -0.497 e. The fourth-order valence-corrected chi connectivity index (χ4v) is 5.89. The number of aryl methyl sites for hydroxylation is 2. The standard InChI is InChI=1S/C34H35N7O3/c1-34(2,35)33(42)38-29(14-22-18-37-27-7-5-4-6-25(22)27)32-40-39-31-13-9-20-17-36-28-12-11-24(15-26(20)28)44-30-16-23(43-3)10-8-21(30)19-41(31)32/h4-8,10-12,15-18,29,36-37H,9,13-14,19,35H2,1-3H3,(H,38,42)/t29-/m0/s1. The first-order valence-electron chi connectivity index (χ1n) is 14.8. The van der Waals surface area contributed by atoms with E-state index >= 15 is 0 Å². The number of ether oxygens (including phenoxy) is 2. The monoisotopic (exact) mass is 589 g/mol. The number of hydrogen-bond acceptors (Lipinski definition) is 6. The van der Waals surface area contributed by atoms with Crippen molar-refractivity contribution in [1.29, 1.82) is 0 Å². The van der Waals surface area contributed by atoms with E-state index < -0.39 is 11.6 Å². The van der Waals surface area contributed by atoms with E-state index in [-0.39, 0.29) is 5.91 Å². The Morgan fingerprint density at radius 2 is 1.84 bits per heavy atom. The van der Waals surface area contributed by atoms with Crippen LogP contribution in [0.15, 0.2) is 73.1 Å². The van der Waals surface area contributed by atoms with Gasteiger partial charge in [0.15, 0.2) is 5.82 Å². The molecule has 4 heterocycles. The molecule has 3 aromatic heterocycles. The van der Waals surface area contributed by atoms with Crippen LogP contribution in [0.3, 0.4) is 0 Å². The molecule has 0 aliphatic carbocycles. The highest BCUT2D eigenvalue weighted by Gasteiger charge is 2.30. The normalized spacial score (nSPS) is 13.9. The Kier molecular flexibility index (Phi) is 6.85. The maximum atomic E-state index is 13.3. The molecule has 0 saturated carbocycles. The predicted molar refractivity (Wildman–Crippen MR) is 169 cm³/mol. The SMILES string of the molecule is COc1ccc2c(c1)Oc1ccc3[nH]cc(c3c1)CCc1nnc([C@H](Cc3c[nH]c4ccccc34)NC(=O)C(C)(C)N)n1C2. The van der Waals surface area contributed by atoms with Crippen molar-refractivity contribution in [2.45, 2.75) is 51.2 Å². The van der Waals surface area contributed by atoms with Crippen molar-refractivity contribution in [3.63, 3.8) is 0 Å². The third-order valence-electron chi connectivity index (χ3n) is 8.34. The average Bonchev–Trinajstić information content (AvgIpc) is 3.72. The van der Waals surface area contributed by atoms with Gasteiger partial charge in [0.05, 0.1) is 25.2 Å². The van der Waals surface area contributed by atoms with Crippen molar-refractivity contribution in [1.82, 2.24) is 30.0 Å². The average molecular weight is 590 g/mol. The van der Waals surface area contributed by atoms with Gasteiger partial charge in [-0.15, -0.1) is 10.2 Å². The van der Waals surface area contributed by atoms with Gasteiger partial charge in [-0.05, 0) is 67.8 Å². The summed E-state index contributed by atoms with van der Waals surface area (Å²) in [6.45, 7) is 3.84. The number of fused-ring (bicyclic) bond motifs is 4. The number of nitrogens with two attached hydrogens (primary N) is 1. The third-order valence-corrected chi connectivity index (χ3v) is 8.34. The number of H-pyrrole nitrogens is 2. The molecule has 5 N–H and O–H groups in total. The number of methoxy groups -OCH3 is 1. The number of carbonyl (C=O) groups excluding carboxylic acids is 1. The zero-order valence-electron chi connectivity index (χ0n) is 25.0. The molecule has 1 aliphatic heterocycles. The molecule has 10 heteroatoms. The van der Waals surface area contributed by atoms with Crippen LogP contribution in [-0.4, -0.2) is 43.3 Å². The van der Waals surface area contributed by atoms with E-state index in [9.17, 15) is 4.79 Å². The first-order valence-corrected chi connectivity index (χ1v) is 14.8. The fraction of sp³-hybridized carbons (Fsp3) is 0.265. The summed E-state index contributed by atoms with van der Waals surface area (Å²) in [5, 5.41) is 14.8. The van der Waals surface area contributed by atoms with Gasteiger partial charge in [0.2, 0.25) is 5.91 Å². The second kappa shape index (κ2) is 10.9. The molecule has 0 radical (unpaired) electrons. The van der Waals surface area contributed by atoms with E-state index in [1.807, 2.05) is 60.9 Å². The lowest BCUT2D eigenvalue weighted by Crippen LogP contribution is -2.50. The Bertz CT molecular complexity index is 2000. The highest BCUT2D eigenvalue weighted by atomic mass is 16.5. The number of para-hydroxylation sites is 1. The van der Waals surface area contributed by atoms with Gasteiger partial charge in [0.25, 0.3) is 0 Å². The van der Waals surface area contributed by atoms with Crippen LogP contribution < -0.4 is 20.5 Å². The molecule has 1 atom stereocenters. The van der Waals surface area contributed by atoms with Crippen LogP contribution in [0.5, 0.6) is 17.2 Å². The molecule has 10 nitrogen and oxygen atoms in total. The molecule has 0 spiro atoms. The maximum absolute atomic E-state index is 13.3. The molecule has 7 rings (SSSR count). The van der Waals surface area contributed by atoms with Crippen molar-refractivity contribution in [3.05, 3.63) is 101 Å². The number of carbonyl (C=O) groups is 1. The lowest BCUT2D eigenvalue weighted by molar-refractivity contribution is -0.126. The molecular weight excluding hydrogens is 554 g/mol. The Labute approximate surface area is 254 Å². The van der Waals surface area contributed by atoms with E-state index in [1.165, 1.54) is 5.56 Å². The van der Waals surface area contributed by atoms with Crippen molar-refractivity contribution < 1.29 is 14.3 Å². The summed E-state index contributed by atoms with van der Waals surface area (Å²) in [5.41, 5.74) is 10.4. The highest BCUT2D eigenvalue weighted by molar-refractivity contribution is 5.86. The molecule has 3 aromatic carbocycles. The number of rotatable bonds is 6. The third kappa shape index (κ3) is 5.17. The highest BCUT2D eigenvalue weighted by Crippen LogP contribution is 2.34. The van der Waals surface area contributed by atoms with Gasteiger partial charge in [-0.25, -0.2) is 0 Å². The topological polar surface area (TPSA) is 136 Å². The zero-order chi connectivity index (χ0) is 30.4. The number of benzene rings is 3. The van der Waals surface area contributed by atoms with Crippen LogP contribution in [0, 0.1) is 0 Å². The van der Waals surface area contributed by atoms with Crippen LogP contribution in [0.2, 0.25) is 0 Å². The molecule has 0 fully saturated rings. The molecular formula is C34H35N7O3. The Morgan fingerprint density at radius 1 is 1.02 bits per heavy atom. The van der Waals surface area contributed by atoms with Gasteiger partial charge >= 0.3 is 0 Å². The predicted octanol–water partition coefficient (Wildman–Crippen LogP) is 5.33. The molecule has 6 aromatic rings. The quantitative estimate of drug-likeness (QED) is 0.208. The van der Waals surface area contributed by atoms with Gasteiger partial charge < -0.3 is 35.1 Å².